The van der Waals surface area contributed by atoms with Gasteiger partial charge in [-0.05, 0) is 55.5 Å². The molecule has 1 aliphatic heterocycles. The van der Waals surface area contributed by atoms with E-state index in [2.05, 4.69) is 9.87 Å². The van der Waals surface area contributed by atoms with Crippen LogP contribution in [0.15, 0.2) is 101 Å². The van der Waals surface area contributed by atoms with E-state index in [-0.39, 0.29) is 25.5 Å². The van der Waals surface area contributed by atoms with E-state index in [1.54, 1.807) is 48.5 Å². The van der Waals surface area contributed by atoms with E-state index >= 15 is 0 Å². The lowest BCUT2D eigenvalue weighted by molar-refractivity contribution is -0.188. The quantitative estimate of drug-likeness (QED) is 0.171. The first-order valence-electron chi connectivity index (χ1n) is 13.1. The van der Waals surface area contributed by atoms with Gasteiger partial charge in [-0.3, -0.25) is 4.79 Å². The molecule has 0 unspecified atom stereocenters. The number of para-hydroxylation sites is 1. The number of benzene rings is 3. The van der Waals surface area contributed by atoms with Crippen LogP contribution in [0.4, 0.5) is 4.79 Å². The van der Waals surface area contributed by atoms with Crippen LogP contribution in [0.2, 0.25) is 0 Å². The number of carbonyl (C=O) groups excluding carboxylic acids is 2. The molecule has 10 nitrogen and oxygen atoms in total. The fraction of sp³-hybridized carbons (Fsp3) is 0.194. The molecule has 41 heavy (non-hydrogen) atoms. The highest BCUT2D eigenvalue weighted by atomic mass is 17.1. The molecule has 2 heterocycles. The monoisotopic (exact) mass is 555 g/mol. The summed E-state index contributed by atoms with van der Waals surface area (Å²) in [6.07, 6.45) is 1.03. The Morgan fingerprint density at radius 1 is 0.951 bits per heavy atom. The average molecular weight is 556 g/mol. The predicted molar refractivity (Wildman–Crippen MR) is 149 cm³/mol. The number of nitrogens with zero attached hydrogens (tertiary/aromatic N) is 3. The van der Waals surface area contributed by atoms with Crippen LogP contribution in [-0.4, -0.2) is 58.3 Å². The van der Waals surface area contributed by atoms with Gasteiger partial charge in [0.1, 0.15) is 17.3 Å². The summed E-state index contributed by atoms with van der Waals surface area (Å²) >= 11 is 0. The minimum atomic E-state index is -0.564. The van der Waals surface area contributed by atoms with Crippen molar-refractivity contribution in [2.75, 3.05) is 26.2 Å². The average Bonchev–Trinajstić information content (AvgIpc) is 3.38. The van der Waals surface area contributed by atoms with Crippen LogP contribution in [0.5, 0.6) is 11.5 Å². The van der Waals surface area contributed by atoms with Crippen molar-refractivity contribution in [3.8, 4) is 23.0 Å². The van der Waals surface area contributed by atoms with Gasteiger partial charge < -0.3 is 28.6 Å². The third-order valence-electron chi connectivity index (χ3n) is 6.56. The number of carbonyl (C=O) groups is 2. The number of piperazine rings is 1. The number of oxazole rings is 1. The maximum absolute atomic E-state index is 13.3. The standard InChI is InChI=1S/C31H29N3O7/c1-22-28(32-29(40-22)23-8-4-2-5-9-23)16-19-38-26-14-12-24(13-15-26)30(35)34-18-17-33(20-25(34)21-39-37)31(36)41-27-10-6-3-7-11-27/h2-15,21,37H,16-20H2,1H3/b25-21-. The summed E-state index contributed by atoms with van der Waals surface area (Å²) in [5.41, 5.74) is 2.47. The zero-order valence-corrected chi connectivity index (χ0v) is 22.4. The molecule has 2 amide bonds. The molecule has 3 aromatic carbocycles. The highest BCUT2D eigenvalue weighted by Gasteiger charge is 2.30. The molecule has 0 radical (unpaired) electrons. The Kier molecular flexibility index (Phi) is 8.61. The summed E-state index contributed by atoms with van der Waals surface area (Å²) in [6, 6.07) is 25.2. The number of amides is 2. The molecule has 0 spiro atoms. The first-order valence-corrected chi connectivity index (χ1v) is 13.1. The molecular formula is C31H29N3O7. The summed E-state index contributed by atoms with van der Waals surface area (Å²) < 4.78 is 17.1. The molecular weight excluding hydrogens is 526 g/mol. The molecule has 1 saturated heterocycles. The number of ether oxygens (including phenoxy) is 2. The van der Waals surface area contributed by atoms with Gasteiger partial charge in [-0.2, -0.15) is 0 Å². The Balaban J connectivity index is 1.16. The first-order chi connectivity index (χ1) is 20.0. The zero-order valence-electron chi connectivity index (χ0n) is 22.4. The van der Waals surface area contributed by atoms with E-state index in [0.29, 0.717) is 41.7 Å². The van der Waals surface area contributed by atoms with E-state index < -0.39 is 6.09 Å². The Morgan fingerprint density at radius 2 is 1.66 bits per heavy atom. The molecule has 0 aliphatic carbocycles. The van der Waals surface area contributed by atoms with Crippen LogP contribution in [0.1, 0.15) is 21.8 Å². The van der Waals surface area contributed by atoms with Crippen LogP contribution in [0.3, 0.4) is 0 Å². The normalized spacial score (nSPS) is 14.1. The lowest BCUT2D eigenvalue weighted by atomic mass is 10.1. The molecule has 0 atom stereocenters. The smallest absolute Gasteiger partial charge is 0.415 e. The van der Waals surface area contributed by atoms with E-state index in [4.69, 9.17) is 19.1 Å². The molecule has 4 aromatic rings. The lowest BCUT2D eigenvalue weighted by Gasteiger charge is -2.35. The maximum Gasteiger partial charge on any atom is 0.415 e. The van der Waals surface area contributed by atoms with Gasteiger partial charge >= 0.3 is 6.09 Å². The van der Waals surface area contributed by atoms with E-state index in [1.807, 2.05) is 43.3 Å². The van der Waals surface area contributed by atoms with Gasteiger partial charge in [-0.25, -0.2) is 15.0 Å². The maximum atomic E-state index is 13.3. The number of rotatable bonds is 8. The summed E-state index contributed by atoms with van der Waals surface area (Å²) in [5.74, 6) is 2.04. The Bertz CT molecular complexity index is 1500. The second-order valence-corrected chi connectivity index (χ2v) is 9.28. The van der Waals surface area contributed by atoms with Crippen molar-refractivity contribution in [1.29, 1.82) is 0 Å². The van der Waals surface area contributed by atoms with Gasteiger partial charge in [-0.15, -0.1) is 0 Å². The fourth-order valence-corrected chi connectivity index (χ4v) is 4.41. The van der Waals surface area contributed by atoms with Gasteiger partial charge in [-0.1, -0.05) is 36.4 Å². The number of aromatic nitrogens is 1. The van der Waals surface area contributed by atoms with Crippen molar-refractivity contribution in [2.24, 2.45) is 0 Å². The highest BCUT2D eigenvalue weighted by Crippen LogP contribution is 2.23. The molecule has 0 bridgehead atoms. The third-order valence-corrected chi connectivity index (χ3v) is 6.56. The highest BCUT2D eigenvalue weighted by molar-refractivity contribution is 5.95. The topological polar surface area (TPSA) is 115 Å². The number of hydrogen-bond acceptors (Lipinski definition) is 8. The molecule has 0 saturated carbocycles. The van der Waals surface area contributed by atoms with Gasteiger partial charge in [0.05, 0.1) is 24.5 Å². The van der Waals surface area contributed by atoms with Crippen molar-refractivity contribution < 1.29 is 33.6 Å². The molecule has 210 valence electrons. The fourth-order valence-electron chi connectivity index (χ4n) is 4.41. The van der Waals surface area contributed by atoms with Crippen LogP contribution in [0.25, 0.3) is 11.5 Å². The Hall–Kier alpha value is -5.09. The second-order valence-electron chi connectivity index (χ2n) is 9.28. The van der Waals surface area contributed by atoms with Crippen molar-refractivity contribution >= 4 is 12.0 Å². The second kappa shape index (κ2) is 12.8. The summed E-state index contributed by atoms with van der Waals surface area (Å²) in [6.45, 7) is 2.72. The first kappa shape index (κ1) is 27.5. The lowest BCUT2D eigenvalue weighted by Crippen LogP contribution is -2.50. The summed E-state index contributed by atoms with van der Waals surface area (Å²) in [7, 11) is 0. The van der Waals surface area contributed by atoms with Gasteiger partial charge in [0.25, 0.3) is 5.91 Å². The van der Waals surface area contributed by atoms with Crippen LogP contribution in [0, 0.1) is 6.92 Å². The largest absolute Gasteiger partial charge is 0.493 e. The minimum absolute atomic E-state index is 0.0204. The molecule has 1 aliphatic rings. The van der Waals surface area contributed by atoms with Crippen LogP contribution in [-0.2, 0) is 11.3 Å². The predicted octanol–water partition coefficient (Wildman–Crippen LogP) is 5.56. The number of hydrogen-bond donors (Lipinski definition) is 1. The molecule has 1 fully saturated rings. The van der Waals surface area contributed by atoms with Gasteiger partial charge in [0.2, 0.25) is 5.89 Å². The number of aryl methyl sites for hydroxylation is 1. The molecule has 5 rings (SSSR count). The van der Waals surface area contributed by atoms with Gasteiger partial charge in [0.15, 0.2) is 6.26 Å². The third kappa shape index (κ3) is 6.74. The minimum Gasteiger partial charge on any atom is -0.493 e. The van der Waals surface area contributed by atoms with Crippen molar-refractivity contribution in [3.63, 3.8) is 0 Å². The van der Waals surface area contributed by atoms with Crippen molar-refractivity contribution in [3.05, 3.63) is 114 Å². The SMILES string of the molecule is Cc1oc(-c2ccccc2)nc1CCOc1ccc(C(=O)N2CCN(C(=O)Oc3ccccc3)C/C2=C/OO)cc1. The molecule has 1 aromatic heterocycles. The van der Waals surface area contributed by atoms with Crippen LogP contribution >= 0.6 is 0 Å². The summed E-state index contributed by atoms with van der Waals surface area (Å²) in [5, 5.41) is 9.05. The Labute approximate surface area is 236 Å². The summed E-state index contributed by atoms with van der Waals surface area (Å²) in [4.78, 5) is 37.6. The molecule has 10 heteroatoms. The molecule has 1 N–H and O–H groups in total. The Morgan fingerprint density at radius 3 is 2.37 bits per heavy atom. The zero-order chi connectivity index (χ0) is 28.6. The van der Waals surface area contributed by atoms with Crippen LogP contribution < -0.4 is 9.47 Å². The van der Waals surface area contributed by atoms with Gasteiger partial charge in [0, 0.05) is 30.6 Å². The van der Waals surface area contributed by atoms with E-state index in [1.165, 1.54) is 9.80 Å². The van der Waals surface area contributed by atoms with Crippen molar-refractivity contribution in [2.45, 2.75) is 13.3 Å². The van der Waals surface area contributed by atoms with E-state index in [9.17, 15) is 9.59 Å². The van der Waals surface area contributed by atoms with Crippen molar-refractivity contribution in [1.82, 2.24) is 14.8 Å². The van der Waals surface area contributed by atoms with E-state index in [0.717, 1.165) is 23.3 Å².